The Morgan fingerprint density at radius 1 is 0.400 bits per heavy atom. The van der Waals surface area contributed by atoms with Gasteiger partial charge >= 0.3 is 0 Å². The number of aliphatic hydroxyl groups excluding tert-OH is 1. The van der Waals surface area contributed by atoms with Crippen molar-refractivity contribution in [1.82, 2.24) is 4.90 Å². The van der Waals surface area contributed by atoms with Gasteiger partial charge in [0.25, 0.3) is 0 Å². The SMILES string of the molecule is CN(C)CCCCCCCCCCCCCCCCCCCCCO. The molecule has 0 radical (unpaired) electrons. The van der Waals surface area contributed by atoms with Gasteiger partial charge in [0, 0.05) is 6.61 Å². The largest absolute Gasteiger partial charge is 0.396 e. The Morgan fingerprint density at radius 3 is 0.880 bits per heavy atom. The third-order valence-corrected chi connectivity index (χ3v) is 5.26. The molecular weight excluding hydrogens is 306 g/mol. The molecule has 0 amide bonds. The summed E-state index contributed by atoms with van der Waals surface area (Å²) in [4.78, 5) is 2.29. The van der Waals surface area contributed by atoms with Gasteiger partial charge in [-0.2, -0.15) is 0 Å². The Hall–Kier alpha value is -0.0800. The highest BCUT2D eigenvalue weighted by Gasteiger charge is 1.95. The third kappa shape index (κ3) is 23.9. The van der Waals surface area contributed by atoms with E-state index < -0.39 is 0 Å². The van der Waals surface area contributed by atoms with Crippen LogP contribution < -0.4 is 0 Å². The highest BCUT2D eigenvalue weighted by Crippen LogP contribution is 2.14. The van der Waals surface area contributed by atoms with E-state index in [1.165, 1.54) is 122 Å². The van der Waals surface area contributed by atoms with E-state index in [2.05, 4.69) is 19.0 Å². The van der Waals surface area contributed by atoms with Gasteiger partial charge in [-0.15, -0.1) is 0 Å². The second-order valence-corrected chi connectivity index (χ2v) is 8.24. The Kier molecular flexibility index (Phi) is 21.9. The zero-order chi connectivity index (χ0) is 18.4. The predicted octanol–water partition coefficient (Wildman–Crippen LogP) is 6.95. The summed E-state index contributed by atoms with van der Waals surface area (Å²) in [5.41, 5.74) is 0. The van der Waals surface area contributed by atoms with E-state index in [4.69, 9.17) is 5.11 Å². The minimum absolute atomic E-state index is 0.372. The predicted molar refractivity (Wildman–Crippen MR) is 113 cm³/mol. The summed E-state index contributed by atoms with van der Waals surface area (Å²) in [7, 11) is 4.34. The lowest BCUT2D eigenvalue weighted by Crippen LogP contribution is -2.12. The van der Waals surface area contributed by atoms with Crippen molar-refractivity contribution in [3.63, 3.8) is 0 Å². The summed E-state index contributed by atoms with van der Waals surface area (Å²) in [6.07, 6.45) is 26.5. The zero-order valence-electron chi connectivity index (χ0n) is 17.7. The second-order valence-electron chi connectivity index (χ2n) is 8.24. The number of unbranched alkanes of at least 4 members (excludes halogenated alkanes) is 18. The van der Waals surface area contributed by atoms with Crippen LogP contribution in [0.1, 0.15) is 122 Å². The second kappa shape index (κ2) is 22.0. The molecule has 0 atom stereocenters. The first kappa shape index (κ1) is 24.9. The number of nitrogens with zero attached hydrogens (tertiary/aromatic N) is 1. The van der Waals surface area contributed by atoms with Crippen LogP contribution in [0.2, 0.25) is 0 Å². The molecule has 0 aromatic heterocycles. The molecule has 2 heteroatoms. The zero-order valence-corrected chi connectivity index (χ0v) is 17.7. The molecule has 0 aliphatic carbocycles. The summed E-state index contributed by atoms with van der Waals surface area (Å²) in [6, 6.07) is 0. The standard InChI is InChI=1S/C23H49NO/c1-24(2)22-20-18-16-14-12-10-8-6-4-3-5-7-9-11-13-15-17-19-21-23-25/h25H,3-23H2,1-2H3. The Bertz CT molecular complexity index is 230. The van der Waals surface area contributed by atoms with Gasteiger partial charge in [-0.05, 0) is 33.5 Å². The maximum absolute atomic E-state index is 8.72. The summed E-state index contributed by atoms with van der Waals surface area (Å²) < 4.78 is 0. The van der Waals surface area contributed by atoms with Crippen molar-refractivity contribution in [2.45, 2.75) is 122 Å². The first-order valence-corrected chi connectivity index (χ1v) is 11.5. The van der Waals surface area contributed by atoms with Crippen LogP contribution in [0, 0.1) is 0 Å². The Labute approximate surface area is 159 Å². The van der Waals surface area contributed by atoms with E-state index in [0.29, 0.717) is 6.61 Å². The highest BCUT2D eigenvalue weighted by molar-refractivity contribution is 4.51. The molecule has 0 aliphatic rings. The highest BCUT2D eigenvalue weighted by atomic mass is 16.2. The maximum atomic E-state index is 8.72. The Morgan fingerprint density at radius 2 is 0.640 bits per heavy atom. The average Bonchev–Trinajstić information content (AvgIpc) is 2.60. The topological polar surface area (TPSA) is 23.5 Å². The summed E-state index contributed by atoms with van der Waals surface area (Å²) in [6.45, 7) is 1.63. The number of hydrogen-bond acceptors (Lipinski definition) is 2. The lowest BCUT2D eigenvalue weighted by Gasteiger charge is -2.08. The van der Waals surface area contributed by atoms with Crippen LogP contribution in [-0.4, -0.2) is 37.3 Å². The molecule has 0 saturated heterocycles. The van der Waals surface area contributed by atoms with Crippen LogP contribution in [0.15, 0.2) is 0 Å². The molecule has 0 aliphatic heterocycles. The van der Waals surface area contributed by atoms with Gasteiger partial charge in [0.05, 0.1) is 0 Å². The molecule has 0 aromatic rings. The van der Waals surface area contributed by atoms with Crippen molar-refractivity contribution in [1.29, 1.82) is 0 Å². The molecule has 0 heterocycles. The summed E-state index contributed by atoms with van der Waals surface area (Å²) in [5, 5.41) is 8.72. The molecule has 2 nitrogen and oxygen atoms in total. The van der Waals surface area contributed by atoms with Crippen LogP contribution >= 0.6 is 0 Å². The fourth-order valence-electron chi connectivity index (χ4n) is 3.55. The normalized spacial score (nSPS) is 11.5. The van der Waals surface area contributed by atoms with Gasteiger partial charge in [0.15, 0.2) is 0 Å². The minimum atomic E-state index is 0.372. The molecule has 0 saturated carbocycles. The maximum Gasteiger partial charge on any atom is 0.0431 e. The number of rotatable bonds is 21. The monoisotopic (exact) mass is 355 g/mol. The molecule has 0 rings (SSSR count). The average molecular weight is 356 g/mol. The summed E-state index contributed by atoms with van der Waals surface area (Å²) >= 11 is 0. The molecule has 0 unspecified atom stereocenters. The molecular formula is C23H49NO. The van der Waals surface area contributed by atoms with Crippen LogP contribution in [-0.2, 0) is 0 Å². The fourth-order valence-corrected chi connectivity index (χ4v) is 3.55. The van der Waals surface area contributed by atoms with Gasteiger partial charge in [0.1, 0.15) is 0 Å². The number of hydrogen-bond donors (Lipinski definition) is 1. The lowest BCUT2D eigenvalue weighted by molar-refractivity contribution is 0.282. The van der Waals surface area contributed by atoms with Crippen molar-refractivity contribution in [3.05, 3.63) is 0 Å². The van der Waals surface area contributed by atoms with Gasteiger partial charge < -0.3 is 10.0 Å². The van der Waals surface area contributed by atoms with E-state index in [9.17, 15) is 0 Å². The Balaban J connectivity index is 2.96. The van der Waals surface area contributed by atoms with Crippen LogP contribution in [0.4, 0.5) is 0 Å². The minimum Gasteiger partial charge on any atom is -0.396 e. The molecule has 25 heavy (non-hydrogen) atoms. The van der Waals surface area contributed by atoms with Crippen molar-refractivity contribution >= 4 is 0 Å². The van der Waals surface area contributed by atoms with Crippen LogP contribution in [0.3, 0.4) is 0 Å². The van der Waals surface area contributed by atoms with Crippen molar-refractivity contribution in [2.24, 2.45) is 0 Å². The van der Waals surface area contributed by atoms with E-state index in [1.54, 1.807) is 0 Å². The van der Waals surface area contributed by atoms with Gasteiger partial charge in [-0.25, -0.2) is 0 Å². The van der Waals surface area contributed by atoms with Crippen molar-refractivity contribution in [3.8, 4) is 0 Å². The van der Waals surface area contributed by atoms with Gasteiger partial charge in [-0.3, -0.25) is 0 Å². The first-order chi connectivity index (χ1) is 12.3. The molecule has 0 fully saturated rings. The fraction of sp³-hybridized carbons (Fsp3) is 1.00. The van der Waals surface area contributed by atoms with Gasteiger partial charge in [0.2, 0.25) is 0 Å². The molecule has 0 spiro atoms. The van der Waals surface area contributed by atoms with E-state index in [0.717, 1.165) is 6.42 Å². The molecule has 1 N–H and O–H groups in total. The van der Waals surface area contributed by atoms with Crippen molar-refractivity contribution < 1.29 is 5.11 Å². The smallest absolute Gasteiger partial charge is 0.0431 e. The summed E-state index contributed by atoms with van der Waals surface area (Å²) in [5.74, 6) is 0. The number of aliphatic hydroxyl groups is 1. The van der Waals surface area contributed by atoms with Crippen molar-refractivity contribution in [2.75, 3.05) is 27.2 Å². The van der Waals surface area contributed by atoms with Crippen LogP contribution in [0.5, 0.6) is 0 Å². The van der Waals surface area contributed by atoms with Gasteiger partial charge in [-0.1, -0.05) is 109 Å². The lowest BCUT2D eigenvalue weighted by atomic mass is 10.0. The van der Waals surface area contributed by atoms with Crippen LogP contribution in [0.25, 0.3) is 0 Å². The molecule has 0 aromatic carbocycles. The molecule has 0 bridgehead atoms. The van der Waals surface area contributed by atoms with E-state index >= 15 is 0 Å². The third-order valence-electron chi connectivity index (χ3n) is 5.26. The quantitative estimate of drug-likeness (QED) is 0.225. The first-order valence-electron chi connectivity index (χ1n) is 11.5. The van der Waals surface area contributed by atoms with E-state index in [1.807, 2.05) is 0 Å². The van der Waals surface area contributed by atoms with E-state index in [-0.39, 0.29) is 0 Å². The molecule has 152 valence electrons.